The number of methoxy groups -OCH3 is 2. The van der Waals surface area contributed by atoms with E-state index >= 15 is 0 Å². The van der Waals surface area contributed by atoms with Crippen LogP contribution < -0.4 is 4.74 Å². The standard InChI is InChI=1S/C11H12FNO3/c1-15-6-9-10(12)4-3-8(5-13-7-14)11(9)16-2/h3-4H,5-6H2,1-2H3. The van der Waals surface area contributed by atoms with Crippen molar-refractivity contribution in [3.63, 3.8) is 0 Å². The van der Waals surface area contributed by atoms with E-state index in [2.05, 4.69) is 4.99 Å². The number of isocyanates is 1. The molecule has 1 aromatic carbocycles. The molecular weight excluding hydrogens is 213 g/mol. The van der Waals surface area contributed by atoms with Crippen molar-refractivity contribution < 1.29 is 18.7 Å². The lowest BCUT2D eigenvalue weighted by Gasteiger charge is -2.12. The number of benzene rings is 1. The van der Waals surface area contributed by atoms with Crippen molar-refractivity contribution in [2.45, 2.75) is 13.2 Å². The van der Waals surface area contributed by atoms with Gasteiger partial charge in [-0.2, -0.15) is 0 Å². The lowest BCUT2D eigenvalue weighted by molar-refractivity contribution is 0.177. The lowest BCUT2D eigenvalue weighted by Crippen LogP contribution is -2.01. The third kappa shape index (κ3) is 2.66. The molecule has 0 amide bonds. The molecule has 4 nitrogen and oxygen atoms in total. The minimum absolute atomic E-state index is 0.105. The maximum absolute atomic E-state index is 13.5. The Kier molecular flexibility index (Phi) is 4.64. The van der Waals surface area contributed by atoms with E-state index in [-0.39, 0.29) is 13.2 Å². The average Bonchev–Trinajstić information content (AvgIpc) is 2.30. The summed E-state index contributed by atoms with van der Waals surface area (Å²) in [5.41, 5.74) is 0.947. The summed E-state index contributed by atoms with van der Waals surface area (Å²) in [6, 6.07) is 2.82. The van der Waals surface area contributed by atoms with Crippen molar-refractivity contribution in [2.75, 3.05) is 14.2 Å². The monoisotopic (exact) mass is 225 g/mol. The Balaban J connectivity index is 3.18. The summed E-state index contributed by atoms with van der Waals surface area (Å²) in [5, 5.41) is 0. The molecule has 0 aliphatic heterocycles. The predicted octanol–water partition coefficient (Wildman–Crippen LogP) is 1.82. The first kappa shape index (κ1) is 12.4. The van der Waals surface area contributed by atoms with Crippen LogP contribution in [0.2, 0.25) is 0 Å². The van der Waals surface area contributed by atoms with Gasteiger partial charge in [0.1, 0.15) is 11.6 Å². The summed E-state index contributed by atoms with van der Waals surface area (Å²) in [4.78, 5) is 13.5. The van der Waals surface area contributed by atoms with Crippen LogP contribution in [-0.4, -0.2) is 20.3 Å². The molecule has 0 aliphatic carbocycles. The molecule has 0 aliphatic rings. The van der Waals surface area contributed by atoms with Gasteiger partial charge in [-0.15, -0.1) is 0 Å². The van der Waals surface area contributed by atoms with Gasteiger partial charge in [0, 0.05) is 12.7 Å². The molecule has 0 fully saturated rings. The van der Waals surface area contributed by atoms with Gasteiger partial charge in [0.15, 0.2) is 0 Å². The highest BCUT2D eigenvalue weighted by Crippen LogP contribution is 2.27. The van der Waals surface area contributed by atoms with Crippen LogP contribution in [0, 0.1) is 5.82 Å². The molecule has 0 atom stereocenters. The number of hydrogen-bond acceptors (Lipinski definition) is 4. The minimum Gasteiger partial charge on any atom is -0.496 e. The molecule has 0 heterocycles. The van der Waals surface area contributed by atoms with Gasteiger partial charge in [-0.25, -0.2) is 14.2 Å². The number of carbonyl (C=O) groups excluding carboxylic acids is 1. The molecule has 5 heteroatoms. The molecule has 0 saturated heterocycles. The quantitative estimate of drug-likeness (QED) is 0.567. The Labute approximate surface area is 92.7 Å². The molecular formula is C11H12FNO3. The van der Waals surface area contributed by atoms with Gasteiger partial charge in [-0.1, -0.05) is 6.07 Å². The molecule has 0 N–H and O–H groups in total. The number of aliphatic imine (C=N–C) groups is 1. The second-order valence-corrected chi connectivity index (χ2v) is 3.06. The molecule has 0 unspecified atom stereocenters. The third-order valence-corrected chi connectivity index (χ3v) is 2.09. The maximum Gasteiger partial charge on any atom is 0.235 e. The Morgan fingerprint density at radius 3 is 2.75 bits per heavy atom. The van der Waals surface area contributed by atoms with Gasteiger partial charge in [-0.05, 0) is 6.07 Å². The minimum atomic E-state index is -0.405. The highest BCUT2D eigenvalue weighted by Gasteiger charge is 2.13. The molecule has 0 saturated carbocycles. The van der Waals surface area contributed by atoms with Gasteiger partial charge < -0.3 is 9.47 Å². The first-order valence-corrected chi connectivity index (χ1v) is 4.61. The second-order valence-electron chi connectivity index (χ2n) is 3.06. The molecule has 0 radical (unpaired) electrons. The zero-order valence-corrected chi connectivity index (χ0v) is 9.12. The fourth-order valence-electron chi connectivity index (χ4n) is 1.43. The topological polar surface area (TPSA) is 47.9 Å². The molecule has 0 aromatic heterocycles. The van der Waals surface area contributed by atoms with Crippen molar-refractivity contribution in [1.82, 2.24) is 0 Å². The van der Waals surface area contributed by atoms with Gasteiger partial charge in [0.05, 0.1) is 25.8 Å². The van der Waals surface area contributed by atoms with Gasteiger partial charge in [0.25, 0.3) is 0 Å². The van der Waals surface area contributed by atoms with Crippen molar-refractivity contribution in [1.29, 1.82) is 0 Å². The normalized spacial score (nSPS) is 9.69. The van der Waals surface area contributed by atoms with Crippen LogP contribution in [0.25, 0.3) is 0 Å². The van der Waals surface area contributed by atoms with E-state index in [0.29, 0.717) is 16.9 Å². The van der Waals surface area contributed by atoms with Crippen molar-refractivity contribution in [2.24, 2.45) is 4.99 Å². The molecule has 16 heavy (non-hydrogen) atoms. The van der Waals surface area contributed by atoms with E-state index in [0.717, 1.165) is 0 Å². The number of hydrogen-bond donors (Lipinski definition) is 0. The molecule has 1 aromatic rings. The van der Waals surface area contributed by atoms with Crippen molar-refractivity contribution in [3.05, 3.63) is 29.1 Å². The molecule has 0 bridgehead atoms. The van der Waals surface area contributed by atoms with Crippen molar-refractivity contribution in [3.8, 4) is 5.75 Å². The number of halogens is 1. The second kappa shape index (κ2) is 6.00. The zero-order chi connectivity index (χ0) is 12.0. The zero-order valence-electron chi connectivity index (χ0n) is 9.12. The lowest BCUT2D eigenvalue weighted by atomic mass is 10.1. The van der Waals surface area contributed by atoms with E-state index in [1.54, 1.807) is 0 Å². The van der Waals surface area contributed by atoms with E-state index in [9.17, 15) is 9.18 Å². The summed E-state index contributed by atoms with van der Waals surface area (Å²) in [7, 11) is 2.90. The summed E-state index contributed by atoms with van der Waals surface area (Å²) in [6.07, 6.45) is 1.43. The number of ether oxygens (including phenoxy) is 2. The molecule has 0 spiro atoms. The highest BCUT2D eigenvalue weighted by atomic mass is 19.1. The van der Waals surface area contributed by atoms with E-state index in [4.69, 9.17) is 9.47 Å². The molecule has 1 rings (SSSR count). The molecule has 86 valence electrons. The Bertz CT molecular complexity index is 414. The first-order valence-electron chi connectivity index (χ1n) is 4.61. The average molecular weight is 225 g/mol. The Morgan fingerprint density at radius 2 is 2.19 bits per heavy atom. The summed E-state index contributed by atoms with van der Waals surface area (Å²) < 4.78 is 23.4. The summed E-state index contributed by atoms with van der Waals surface area (Å²) in [5.74, 6) is -0.0432. The third-order valence-electron chi connectivity index (χ3n) is 2.09. The van der Waals surface area contributed by atoms with Crippen LogP contribution in [0.1, 0.15) is 11.1 Å². The number of nitrogens with zero attached hydrogens (tertiary/aromatic N) is 1. The van der Waals surface area contributed by atoms with Crippen LogP contribution in [0.3, 0.4) is 0 Å². The van der Waals surface area contributed by atoms with E-state index in [1.165, 1.54) is 32.4 Å². The van der Waals surface area contributed by atoms with Crippen LogP contribution in [0.15, 0.2) is 17.1 Å². The Morgan fingerprint density at radius 1 is 1.44 bits per heavy atom. The fourth-order valence-corrected chi connectivity index (χ4v) is 1.43. The fraction of sp³-hybridized carbons (Fsp3) is 0.364. The largest absolute Gasteiger partial charge is 0.496 e. The summed E-state index contributed by atoms with van der Waals surface area (Å²) in [6.45, 7) is 0.220. The number of rotatable bonds is 5. The Hall–Kier alpha value is -1.71. The van der Waals surface area contributed by atoms with Crippen LogP contribution in [-0.2, 0) is 22.7 Å². The van der Waals surface area contributed by atoms with Crippen molar-refractivity contribution >= 4 is 6.08 Å². The van der Waals surface area contributed by atoms with Crippen LogP contribution >= 0.6 is 0 Å². The first-order chi connectivity index (χ1) is 7.74. The summed E-state index contributed by atoms with van der Waals surface area (Å²) >= 11 is 0. The van der Waals surface area contributed by atoms with Crippen LogP contribution in [0.4, 0.5) is 4.39 Å². The maximum atomic E-state index is 13.5. The van der Waals surface area contributed by atoms with Crippen LogP contribution in [0.5, 0.6) is 5.75 Å². The van der Waals surface area contributed by atoms with Gasteiger partial charge in [-0.3, -0.25) is 0 Å². The van der Waals surface area contributed by atoms with E-state index < -0.39 is 5.82 Å². The smallest absolute Gasteiger partial charge is 0.235 e. The van der Waals surface area contributed by atoms with Gasteiger partial charge >= 0.3 is 0 Å². The van der Waals surface area contributed by atoms with E-state index in [1.807, 2.05) is 0 Å². The predicted molar refractivity (Wildman–Crippen MR) is 55.5 cm³/mol. The SMILES string of the molecule is COCc1c(F)ccc(CN=C=O)c1OC. The van der Waals surface area contributed by atoms with Gasteiger partial charge in [0.2, 0.25) is 6.08 Å². The highest BCUT2D eigenvalue weighted by molar-refractivity contribution is 5.43.